The molecule has 0 bridgehead atoms. The maximum absolute atomic E-state index is 12.6. The van der Waals surface area contributed by atoms with Gasteiger partial charge in [-0.2, -0.15) is 13.2 Å². The lowest BCUT2D eigenvalue weighted by Crippen LogP contribution is -2.14. The smallest absolute Gasteiger partial charge is 0.166 e. The predicted octanol–water partition coefficient (Wildman–Crippen LogP) is 4.43. The molecule has 84 valence electrons. The molecule has 0 aromatic carbocycles. The summed E-state index contributed by atoms with van der Waals surface area (Å²) >= 11 is 0. The van der Waals surface area contributed by atoms with Crippen LogP contribution in [0, 0.1) is 5.92 Å². The Kier molecular flexibility index (Phi) is 5.12. The van der Waals surface area contributed by atoms with Crippen LogP contribution in [0.2, 0.25) is 0 Å². The van der Waals surface area contributed by atoms with E-state index >= 15 is 0 Å². The molecule has 0 saturated heterocycles. The summed E-state index contributed by atoms with van der Waals surface area (Å²) in [6.45, 7) is 10.0. The molecule has 0 atom stereocenters. The molecule has 0 fully saturated rings. The zero-order valence-corrected chi connectivity index (χ0v) is 8.93. The van der Waals surface area contributed by atoms with E-state index in [9.17, 15) is 13.2 Å². The number of hydrogen-bond acceptors (Lipinski definition) is 0. The van der Waals surface area contributed by atoms with E-state index in [-0.39, 0.29) is 11.5 Å². The van der Waals surface area contributed by atoms with Crippen LogP contribution in [0.25, 0.3) is 0 Å². The second-order valence-corrected chi connectivity index (χ2v) is 3.32. The number of rotatable bonds is 4. The lowest BCUT2D eigenvalue weighted by molar-refractivity contribution is -0.0891. The van der Waals surface area contributed by atoms with Crippen LogP contribution in [0.3, 0.4) is 0 Å². The van der Waals surface area contributed by atoms with Gasteiger partial charge in [0.25, 0.3) is 0 Å². The highest BCUT2D eigenvalue weighted by Gasteiger charge is 2.33. The summed E-state index contributed by atoms with van der Waals surface area (Å²) in [5, 5.41) is 0. The fourth-order valence-electron chi connectivity index (χ4n) is 1.16. The highest BCUT2D eigenvalue weighted by molar-refractivity contribution is 5.37. The molecule has 0 saturated carbocycles. The monoisotopic (exact) mass is 216 g/mol. The quantitative estimate of drug-likeness (QED) is 0.610. The Balaban J connectivity index is 5.48. The largest absolute Gasteiger partial charge is 0.416 e. The van der Waals surface area contributed by atoms with Crippen molar-refractivity contribution in [1.29, 1.82) is 0 Å². The molecule has 0 aliphatic rings. The van der Waals surface area contributed by atoms with Crippen molar-refractivity contribution in [2.45, 2.75) is 20.0 Å². The van der Waals surface area contributed by atoms with Crippen molar-refractivity contribution in [2.24, 2.45) is 5.92 Å². The van der Waals surface area contributed by atoms with Crippen LogP contribution in [-0.2, 0) is 0 Å². The summed E-state index contributed by atoms with van der Waals surface area (Å²) in [6, 6.07) is 0. The number of halogens is 3. The topological polar surface area (TPSA) is 0 Å². The minimum absolute atomic E-state index is 0.212. The Hall–Kier alpha value is -1.25. The van der Waals surface area contributed by atoms with E-state index in [1.54, 1.807) is 13.8 Å². The average molecular weight is 216 g/mol. The Morgan fingerprint density at radius 1 is 1.20 bits per heavy atom. The van der Waals surface area contributed by atoms with E-state index in [1.807, 2.05) is 0 Å². The second kappa shape index (κ2) is 5.59. The predicted molar refractivity (Wildman–Crippen MR) is 57.5 cm³/mol. The summed E-state index contributed by atoms with van der Waals surface area (Å²) in [5.74, 6) is -0.212. The molecule has 0 heterocycles. The van der Waals surface area contributed by atoms with Crippen molar-refractivity contribution in [3.63, 3.8) is 0 Å². The molecular weight excluding hydrogens is 201 g/mol. The van der Waals surface area contributed by atoms with Crippen LogP contribution in [0.15, 0.2) is 48.6 Å². The van der Waals surface area contributed by atoms with Crippen LogP contribution in [-0.4, -0.2) is 6.18 Å². The third kappa shape index (κ3) is 4.19. The van der Waals surface area contributed by atoms with Gasteiger partial charge in [-0.05, 0) is 11.5 Å². The van der Waals surface area contributed by atoms with Crippen LogP contribution in [0.5, 0.6) is 0 Å². The van der Waals surface area contributed by atoms with E-state index in [1.165, 1.54) is 18.2 Å². The zero-order chi connectivity index (χ0) is 12.1. The van der Waals surface area contributed by atoms with Crippen molar-refractivity contribution < 1.29 is 13.2 Å². The molecule has 0 aliphatic heterocycles. The molecule has 0 aliphatic carbocycles. The van der Waals surface area contributed by atoms with Crippen molar-refractivity contribution >= 4 is 0 Å². The Morgan fingerprint density at radius 2 is 1.73 bits per heavy atom. The molecule has 0 amide bonds. The van der Waals surface area contributed by atoms with Crippen LogP contribution < -0.4 is 0 Å². The Bertz CT molecular complexity index is 290. The highest BCUT2D eigenvalue weighted by atomic mass is 19.4. The molecular formula is C12H15F3. The van der Waals surface area contributed by atoms with E-state index in [2.05, 4.69) is 13.2 Å². The van der Waals surface area contributed by atoms with Crippen molar-refractivity contribution in [3.8, 4) is 0 Å². The van der Waals surface area contributed by atoms with E-state index in [4.69, 9.17) is 0 Å². The number of allylic oxidation sites excluding steroid dienone is 6. The molecule has 0 aromatic rings. The lowest BCUT2D eigenvalue weighted by Gasteiger charge is -2.15. The highest BCUT2D eigenvalue weighted by Crippen LogP contribution is 2.32. The first-order chi connectivity index (χ1) is 6.84. The van der Waals surface area contributed by atoms with Gasteiger partial charge >= 0.3 is 6.18 Å². The van der Waals surface area contributed by atoms with Crippen molar-refractivity contribution in [1.82, 2.24) is 0 Å². The minimum atomic E-state index is -4.35. The van der Waals surface area contributed by atoms with Gasteiger partial charge in [-0.1, -0.05) is 51.3 Å². The molecule has 0 rings (SSSR count). The Labute approximate surface area is 88.5 Å². The summed E-state index contributed by atoms with van der Waals surface area (Å²) in [6.07, 6.45) is 0.849. The first-order valence-electron chi connectivity index (χ1n) is 4.57. The van der Waals surface area contributed by atoms with Gasteiger partial charge in [0.1, 0.15) is 0 Å². The van der Waals surface area contributed by atoms with Crippen molar-refractivity contribution in [2.75, 3.05) is 0 Å². The van der Waals surface area contributed by atoms with Gasteiger partial charge < -0.3 is 0 Å². The first kappa shape index (κ1) is 13.8. The minimum Gasteiger partial charge on any atom is -0.166 e. The number of hydrogen-bond donors (Lipinski definition) is 0. The normalized spacial score (nSPS) is 14.3. The summed E-state index contributed by atoms with van der Waals surface area (Å²) < 4.78 is 37.7. The fourth-order valence-corrected chi connectivity index (χ4v) is 1.16. The summed E-state index contributed by atoms with van der Waals surface area (Å²) in [5.41, 5.74) is -0.465. The van der Waals surface area contributed by atoms with Gasteiger partial charge in [0.2, 0.25) is 0 Å². The average Bonchev–Trinajstić information content (AvgIpc) is 2.09. The van der Waals surface area contributed by atoms with E-state index in [0.29, 0.717) is 0 Å². The van der Waals surface area contributed by atoms with E-state index in [0.717, 1.165) is 6.08 Å². The standard InChI is InChI=1S/C12H15F3/c1-5-7-8-10(9(3)4)11(6-2)12(13,14)15/h5-9H,1-2H2,3-4H3/b8-7-,11-10-. The van der Waals surface area contributed by atoms with Crippen LogP contribution >= 0.6 is 0 Å². The molecule has 3 heteroatoms. The van der Waals surface area contributed by atoms with Gasteiger partial charge in [-0.3, -0.25) is 0 Å². The van der Waals surface area contributed by atoms with Crippen LogP contribution in [0.4, 0.5) is 13.2 Å². The van der Waals surface area contributed by atoms with Gasteiger partial charge in [-0.25, -0.2) is 0 Å². The molecule has 15 heavy (non-hydrogen) atoms. The van der Waals surface area contributed by atoms with Gasteiger partial charge in [0.05, 0.1) is 5.57 Å². The Morgan fingerprint density at radius 3 is 2.00 bits per heavy atom. The molecule has 0 radical (unpaired) electrons. The fraction of sp³-hybridized carbons (Fsp3) is 0.333. The van der Waals surface area contributed by atoms with Gasteiger partial charge in [-0.15, -0.1) is 0 Å². The van der Waals surface area contributed by atoms with E-state index < -0.39 is 11.7 Å². The summed E-state index contributed by atoms with van der Waals surface area (Å²) in [4.78, 5) is 0. The maximum atomic E-state index is 12.6. The second-order valence-electron chi connectivity index (χ2n) is 3.32. The number of alkyl halides is 3. The van der Waals surface area contributed by atoms with Gasteiger partial charge in [0, 0.05) is 0 Å². The molecule has 0 N–H and O–H groups in total. The van der Waals surface area contributed by atoms with Crippen molar-refractivity contribution in [3.05, 3.63) is 48.6 Å². The lowest BCUT2D eigenvalue weighted by atomic mass is 9.96. The third-order valence-corrected chi connectivity index (χ3v) is 1.85. The maximum Gasteiger partial charge on any atom is 0.416 e. The SMILES string of the molecule is C=C/C=C\C(=C(/C=C)C(F)(F)F)C(C)C. The molecule has 0 unspecified atom stereocenters. The zero-order valence-electron chi connectivity index (χ0n) is 8.93. The third-order valence-electron chi connectivity index (χ3n) is 1.85. The van der Waals surface area contributed by atoms with Gasteiger partial charge in [0.15, 0.2) is 0 Å². The molecule has 0 nitrogen and oxygen atoms in total. The van der Waals surface area contributed by atoms with Crippen LogP contribution in [0.1, 0.15) is 13.8 Å². The molecule has 0 spiro atoms. The summed E-state index contributed by atoms with van der Waals surface area (Å²) in [7, 11) is 0. The first-order valence-corrected chi connectivity index (χ1v) is 4.57. The molecule has 0 aromatic heterocycles.